The number of aryl methyl sites for hydroxylation is 1. The molecule has 2 aromatic rings. The maximum absolute atomic E-state index is 8.98. The minimum atomic E-state index is -0.560. The smallest absolute Gasteiger partial charge is 0.225 e. The number of anilines is 1. The molecule has 0 aliphatic heterocycles. The fraction of sp³-hybridized carbons (Fsp3) is 0.533. The van der Waals surface area contributed by atoms with E-state index in [0.717, 1.165) is 11.3 Å². The van der Waals surface area contributed by atoms with Crippen LogP contribution in [0.4, 0.5) is 5.82 Å². The van der Waals surface area contributed by atoms with Gasteiger partial charge in [0, 0.05) is 26.1 Å². The lowest BCUT2D eigenvalue weighted by Crippen LogP contribution is -3.00. The number of hydrogen-bond acceptors (Lipinski definition) is 7. The predicted molar refractivity (Wildman–Crippen MR) is 96.3 cm³/mol. The first-order chi connectivity index (χ1) is 10.9. The average molecular weight is 413 g/mol. The molecule has 7 nitrogen and oxygen atoms in total. The molecule has 0 saturated carbocycles. The van der Waals surface area contributed by atoms with Gasteiger partial charge in [0.25, 0.3) is 0 Å². The molecule has 25 heavy (non-hydrogen) atoms. The summed E-state index contributed by atoms with van der Waals surface area (Å²) < 4.78 is 2.11. The second-order valence-electron chi connectivity index (χ2n) is 5.19. The number of rotatable bonds is 5. The molecule has 0 saturated heterocycles. The van der Waals surface area contributed by atoms with E-state index in [-0.39, 0.29) is 38.0 Å². The van der Waals surface area contributed by atoms with Gasteiger partial charge < -0.3 is 33.5 Å². The zero-order chi connectivity index (χ0) is 17.4. The summed E-state index contributed by atoms with van der Waals surface area (Å²) in [6, 6.07) is 0. The molecule has 0 fully saturated rings. The van der Waals surface area contributed by atoms with Crippen LogP contribution in [0.1, 0.15) is 28.9 Å². The predicted octanol–water partition coefficient (Wildman–Crippen LogP) is -2.61. The lowest BCUT2D eigenvalue weighted by molar-refractivity contribution is -0.689. The summed E-state index contributed by atoms with van der Waals surface area (Å²) in [5, 5.41) is 25.0. The normalized spacial score (nSPS) is 10.8. The van der Waals surface area contributed by atoms with Crippen LogP contribution in [0.5, 0.6) is 0 Å². The molecule has 1 atom stereocenters. The Labute approximate surface area is 164 Å². The Morgan fingerprint density at radius 3 is 2.40 bits per heavy atom. The van der Waals surface area contributed by atoms with Gasteiger partial charge in [0.15, 0.2) is 12.2 Å². The Morgan fingerprint density at radius 1 is 1.32 bits per heavy atom. The molecule has 2 heterocycles. The topological polar surface area (TPSA) is 116 Å². The fourth-order valence-electron chi connectivity index (χ4n) is 1.77. The molecular formula is C15H26Cl2N4O3S. The van der Waals surface area contributed by atoms with E-state index in [4.69, 9.17) is 21.1 Å². The molecule has 0 aliphatic carbocycles. The van der Waals surface area contributed by atoms with Crippen molar-refractivity contribution in [3.05, 3.63) is 33.7 Å². The van der Waals surface area contributed by atoms with Crippen LogP contribution in [0.25, 0.3) is 0 Å². The highest BCUT2D eigenvalue weighted by molar-refractivity contribution is 7.09. The number of nitrogen functional groups attached to an aromatic ring is 1. The van der Waals surface area contributed by atoms with Gasteiger partial charge in [-0.2, -0.15) is 4.57 Å². The Morgan fingerprint density at radius 2 is 1.92 bits per heavy atom. The number of nitrogens with two attached hydrogens (primary N) is 1. The van der Waals surface area contributed by atoms with Gasteiger partial charge in [-0.1, -0.05) is 11.3 Å². The second-order valence-corrected chi connectivity index (χ2v) is 6.13. The van der Waals surface area contributed by atoms with Crippen LogP contribution in [0.3, 0.4) is 0 Å². The first-order valence-corrected chi connectivity index (χ1v) is 8.21. The SMILES string of the molecule is CC(O)CO.Cc1ncc(C[n+]2csc(CCO)c2C)c(N)n1.Cl.[Cl-]. The molecule has 5 N–H and O–H groups in total. The second kappa shape index (κ2) is 13.2. The first-order valence-electron chi connectivity index (χ1n) is 7.33. The van der Waals surface area contributed by atoms with Crippen LogP contribution in [-0.4, -0.2) is 44.6 Å². The molecule has 2 aromatic heterocycles. The molecule has 0 radical (unpaired) electrons. The minimum absolute atomic E-state index is 0. The third kappa shape index (κ3) is 8.75. The van der Waals surface area contributed by atoms with Gasteiger partial charge in [-0.25, -0.2) is 9.97 Å². The van der Waals surface area contributed by atoms with E-state index in [2.05, 4.69) is 14.5 Å². The summed E-state index contributed by atoms with van der Waals surface area (Å²) >= 11 is 1.65. The Balaban J connectivity index is 0. The fourth-order valence-corrected chi connectivity index (χ4v) is 2.75. The quantitative estimate of drug-likeness (QED) is 0.400. The van der Waals surface area contributed by atoms with E-state index in [9.17, 15) is 0 Å². The summed E-state index contributed by atoms with van der Waals surface area (Å²) in [6.45, 7) is 6.10. The van der Waals surface area contributed by atoms with Gasteiger partial charge in [-0.3, -0.25) is 0 Å². The van der Waals surface area contributed by atoms with Gasteiger partial charge in [0.2, 0.25) is 5.51 Å². The van der Waals surface area contributed by atoms with Crippen molar-refractivity contribution in [2.75, 3.05) is 18.9 Å². The third-order valence-electron chi connectivity index (χ3n) is 3.12. The number of aromatic nitrogens is 3. The van der Waals surface area contributed by atoms with Gasteiger partial charge >= 0.3 is 0 Å². The Bertz CT molecular complexity index is 627. The van der Waals surface area contributed by atoms with Gasteiger partial charge in [0.05, 0.1) is 23.2 Å². The lowest BCUT2D eigenvalue weighted by atomic mass is 10.2. The van der Waals surface area contributed by atoms with Gasteiger partial charge in [-0.05, 0) is 13.8 Å². The Hall–Kier alpha value is -1.03. The summed E-state index contributed by atoms with van der Waals surface area (Å²) in [5.41, 5.74) is 10.0. The van der Waals surface area contributed by atoms with E-state index in [1.807, 2.05) is 19.4 Å². The first kappa shape index (κ1) is 26.2. The van der Waals surface area contributed by atoms with Crippen molar-refractivity contribution in [2.45, 2.75) is 39.8 Å². The van der Waals surface area contributed by atoms with Crippen molar-refractivity contribution < 1.29 is 32.3 Å². The van der Waals surface area contributed by atoms with E-state index in [0.29, 0.717) is 24.6 Å². The van der Waals surface area contributed by atoms with Crippen molar-refractivity contribution in [1.29, 1.82) is 0 Å². The van der Waals surface area contributed by atoms with E-state index in [1.165, 1.54) is 11.8 Å². The summed E-state index contributed by atoms with van der Waals surface area (Å²) in [4.78, 5) is 9.53. The van der Waals surface area contributed by atoms with Crippen LogP contribution in [-0.2, 0) is 13.0 Å². The summed E-state index contributed by atoms with van der Waals surface area (Å²) in [5.74, 6) is 1.22. The van der Waals surface area contributed by atoms with Crippen LogP contribution >= 0.6 is 23.7 Å². The monoisotopic (exact) mass is 412 g/mol. The largest absolute Gasteiger partial charge is 1.00 e. The number of aliphatic hydroxyl groups is 3. The highest BCUT2D eigenvalue weighted by atomic mass is 35.5. The van der Waals surface area contributed by atoms with Crippen LogP contribution in [0.2, 0.25) is 0 Å². The highest BCUT2D eigenvalue weighted by Crippen LogP contribution is 2.13. The van der Waals surface area contributed by atoms with Crippen LogP contribution in [0.15, 0.2) is 11.7 Å². The zero-order valence-corrected chi connectivity index (χ0v) is 16.9. The maximum atomic E-state index is 8.98. The standard InChI is InChI=1S/C12H17N4OS.C3H8O2.2ClH/c1-8-11(3-4-17)18-7-16(8)6-10-5-14-9(2)15-12(10)13;1-3(5)2-4;;/h5,7,17H,3-4,6H2,1-2H3,(H2,13,14,15);3-5H,2H2,1H3;2*1H/q+1;;;/p-1. The van der Waals surface area contributed by atoms with Crippen LogP contribution in [0, 0.1) is 13.8 Å². The van der Waals surface area contributed by atoms with Crippen molar-refractivity contribution in [2.24, 2.45) is 0 Å². The van der Waals surface area contributed by atoms with E-state index < -0.39 is 6.10 Å². The average Bonchev–Trinajstić information content (AvgIpc) is 2.84. The molecule has 10 heteroatoms. The molecule has 0 spiro atoms. The molecule has 0 aromatic carbocycles. The number of hydrogen-bond donors (Lipinski definition) is 4. The number of aliphatic hydroxyl groups excluding tert-OH is 3. The molecule has 0 aliphatic rings. The Kier molecular flexibility index (Phi) is 13.8. The molecule has 1 unspecified atom stereocenters. The number of thiazole rings is 1. The van der Waals surface area contributed by atoms with E-state index in [1.54, 1.807) is 17.5 Å². The minimum Gasteiger partial charge on any atom is -1.00 e. The van der Waals surface area contributed by atoms with Crippen molar-refractivity contribution in [1.82, 2.24) is 9.97 Å². The molecule has 144 valence electrons. The summed E-state index contributed by atoms with van der Waals surface area (Å²) in [6.07, 6.45) is 1.91. The van der Waals surface area contributed by atoms with Crippen molar-refractivity contribution in [3.8, 4) is 0 Å². The van der Waals surface area contributed by atoms with E-state index >= 15 is 0 Å². The van der Waals surface area contributed by atoms with Crippen molar-refractivity contribution >= 4 is 29.6 Å². The van der Waals surface area contributed by atoms with Crippen LogP contribution < -0.4 is 22.7 Å². The maximum Gasteiger partial charge on any atom is 0.225 e. The van der Waals surface area contributed by atoms with Gasteiger partial charge in [-0.15, -0.1) is 12.4 Å². The van der Waals surface area contributed by atoms with Crippen molar-refractivity contribution in [3.63, 3.8) is 0 Å². The number of halogens is 2. The molecule has 0 bridgehead atoms. The third-order valence-corrected chi connectivity index (χ3v) is 4.26. The molecular weight excluding hydrogens is 387 g/mol. The van der Waals surface area contributed by atoms with Gasteiger partial charge in [0.1, 0.15) is 11.6 Å². The molecule has 2 rings (SSSR count). The summed E-state index contributed by atoms with van der Waals surface area (Å²) in [7, 11) is 0. The highest BCUT2D eigenvalue weighted by Gasteiger charge is 2.16. The molecule has 0 amide bonds. The number of nitrogens with zero attached hydrogens (tertiary/aromatic N) is 3. The zero-order valence-electron chi connectivity index (χ0n) is 14.5. The lowest BCUT2D eigenvalue weighted by Gasteiger charge is -2.01.